The van der Waals surface area contributed by atoms with Crippen LogP contribution < -0.4 is 5.32 Å². The van der Waals surface area contributed by atoms with Crippen molar-refractivity contribution in [1.82, 2.24) is 5.32 Å². The third kappa shape index (κ3) is 2.86. The zero-order valence-corrected chi connectivity index (χ0v) is 12.6. The second-order valence-electron chi connectivity index (χ2n) is 5.34. The molecule has 1 heterocycles. The quantitative estimate of drug-likeness (QED) is 0.744. The summed E-state index contributed by atoms with van der Waals surface area (Å²) in [6.07, 6.45) is 1.86. The van der Waals surface area contributed by atoms with E-state index in [1.54, 1.807) is 0 Å². The predicted octanol–water partition coefficient (Wildman–Crippen LogP) is 4.50. The van der Waals surface area contributed by atoms with Gasteiger partial charge in [0.1, 0.15) is 11.5 Å². The number of fused-ring (bicyclic) bond motifs is 1. The lowest BCUT2D eigenvalue weighted by atomic mass is 9.98. The highest BCUT2D eigenvalue weighted by Gasteiger charge is 2.15. The summed E-state index contributed by atoms with van der Waals surface area (Å²) in [6.45, 7) is 2.11. The highest BCUT2D eigenvalue weighted by atomic mass is 16.3. The van der Waals surface area contributed by atoms with E-state index in [9.17, 15) is 0 Å². The molecule has 0 saturated carbocycles. The van der Waals surface area contributed by atoms with E-state index in [1.807, 2.05) is 7.05 Å². The smallest absolute Gasteiger partial charge is 0.121 e. The van der Waals surface area contributed by atoms with Gasteiger partial charge in [0, 0.05) is 6.42 Å². The van der Waals surface area contributed by atoms with Crippen molar-refractivity contribution in [3.63, 3.8) is 0 Å². The van der Waals surface area contributed by atoms with Crippen molar-refractivity contribution in [2.75, 3.05) is 7.05 Å². The maximum atomic E-state index is 5.91. The van der Waals surface area contributed by atoms with Gasteiger partial charge in [0.2, 0.25) is 0 Å². The Bertz CT molecular complexity index is 724. The molecule has 0 fully saturated rings. The average Bonchev–Trinajstić information content (AvgIpc) is 3.01. The van der Waals surface area contributed by atoms with Crippen molar-refractivity contribution in [2.24, 2.45) is 0 Å². The lowest BCUT2D eigenvalue weighted by Crippen LogP contribution is -2.18. The molecule has 3 aromatic rings. The second kappa shape index (κ2) is 6.15. The van der Waals surface area contributed by atoms with Gasteiger partial charge in [-0.1, -0.05) is 49.4 Å². The van der Waals surface area contributed by atoms with Gasteiger partial charge in [-0.25, -0.2) is 0 Å². The van der Waals surface area contributed by atoms with E-state index >= 15 is 0 Å². The fourth-order valence-corrected chi connectivity index (χ4v) is 2.81. The standard InChI is InChI=1S/C19H21NO/c1-3-16-11-12-19(21-16)18(20-2)13-15-9-6-8-14-7-4-5-10-17(14)15/h4-12,18,20H,3,13H2,1-2H3. The molecule has 2 nitrogen and oxygen atoms in total. The normalized spacial score (nSPS) is 12.7. The first-order chi connectivity index (χ1) is 10.3. The van der Waals surface area contributed by atoms with Crippen LogP contribution in [0.3, 0.4) is 0 Å². The Hall–Kier alpha value is -2.06. The van der Waals surface area contributed by atoms with Crippen LogP contribution in [0.25, 0.3) is 10.8 Å². The number of hydrogen-bond donors (Lipinski definition) is 1. The van der Waals surface area contributed by atoms with Crippen LogP contribution in [0.2, 0.25) is 0 Å². The number of likely N-dealkylation sites (N-methyl/N-ethyl adjacent to an activating group) is 1. The summed E-state index contributed by atoms with van der Waals surface area (Å²) in [7, 11) is 1.99. The Morgan fingerprint density at radius 2 is 1.81 bits per heavy atom. The average molecular weight is 279 g/mol. The molecule has 108 valence electrons. The number of aryl methyl sites for hydroxylation is 1. The van der Waals surface area contributed by atoms with Gasteiger partial charge in [0.15, 0.2) is 0 Å². The Balaban J connectivity index is 1.92. The van der Waals surface area contributed by atoms with E-state index in [-0.39, 0.29) is 6.04 Å². The number of rotatable bonds is 5. The van der Waals surface area contributed by atoms with Crippen LogP contribution in [0.4, 0.5) is 0 Å². The van der Waals surface area contributed by atoms with Gasteiger partial charge in [-0.05, 0) is 41.9 Å². The number of nitrogens with one attached hydrogen (secondary N) is 1. The molecule has 1 atom stereocenters. The van der Waals surface area contributed by atoms with Gasteiger partial charge in [0.05, 0.1) is 6.04 Å². The van der Waals surface area contributed by atoms with E-state index in [1.165, 1.54) is 16.3 Å². The summed E-state index contributed by atoms with van der Waals surface area (Å²) in [5.41, 5.74) is 1.35. The van der Waals surface area contributed by atoms with Crippen molar-refractivity contribution in [1.29, 1.82) is 0 Å². The van der Waals surface area contributed by atoms with Crippen molar-refractivity contribution in [3.8, 4) is 0 Å². The molecule has 21 heavy (non-hydrogen) atoms. The molecule has 0 radical (unpaired) electrons. The van der Waals surface area contributed by atoms with Gasteiger partial charge in [-0.15, -0.1) is 0 Å². The van der Waals surface area contributed by atoms with Gasteiger partial charge in [-0.3, -0.25) is 0 Å². The summed E-state index contributed by atoms with van der Waals surface area (Å²) in [4.78, 5) is 0. The number of furan rings is 1. The van der Waals surface area contributed by atoms with Crippen LogP contribution in [0.5, 0.6) is 0 Å². The fraction of sp³-hybridized carbons (Fsp3) is 0.263. The number of hydrogen-bond acceptors (Lipinski definition) is 2. The van der Waals surface area contributed by atoms with Crippen molar-refractivity contribution in [3.05, 3.63) is 71.7 Å². The van der Waals surface area contributed by atoms with Gasteiger partial charge in [-0.2, -0.15) is 0 Å². The largest absolute Gasteiger partial charge is 0.464 e. The highest BCUT2D eigenvalue weighted by molar-refractivity contribution is 5.85. The topological polar surface area (TPSA) is 25.2 Å². The Kier molecular flexibility index (Phi) is 4.07. The molecule has 1 unspecified atom stereocenters. The number of benzene rings is 2. The Labute approximate surface area is 125 Å². The van der Waals surface area contributed by atoms with Crippen LogP contribution in [0.15, 0.2) is 59.0 Å². The molecule has 2 aromatic carbocycles. The maximum Gasteiger partial charge on any atom is 0.121 e. The molecule has 0 spiro atoms. The predicted molar refractivity (Wildman–Crippen MR) is 87.5 cm³/mol. The fourth-order valence-electron chi connectivity index (χ4n) is 2.81. The van der Waals surface area contributed by atoms with Crippen molar-refractivity contribution >= 4 is 10.8 Å². The van der Waals surface area contributed by atoms with Crippen LogP contribution in [0, 0.1) is 0 Å². The summed E-state index contributed by atoms with van der Waals surface area (Å²) < 4.78 is 5.91. The molecule has 0 bridgehead atoms. The lowest BCUT2D eigenvalue weighted by Gasteiger charge is -2.15. The molecule has 0 aliphatic carbocycles. The lowest BCUT2D eigenvalue weighted by molar-refractivity contribution is 0.407. The van der Waals surface area contributed by atoms with E-state index in [2.05, 4.69) is 66.8 Å². The Morgan fingerprint density at radius 1 is 1.00 bits per heavy atom. The molecule has 0 aliphatic heterocycles. The SMILES string of the molecule is CCc1ccc(C(Cc2cccc3ccccc23)NC)o1. The molecule has 0 aliphatic rings. The van der Waals surface area contributed by atoms with E-state index in [0.717, 1.165) is 24.4 Å². The Morgan fingerprint density at radius 3 is 2.57 bits per heavy atom. The van der Waals surface area contributed by atoms with Crippen molar-refractivity contribution in [2.45, 2.75) is 25.8 Å². The summed E-state index contributed by atoms with van der Waals surface area (Å²) in [5, 5.41) is 5.99. The first-order valence-electron chi connectivity index (χ1n) is 7.54. The molecule has 3 rings (SSSR count). The molecule has 2 heteroatoms. The second-order valence-corrected chi connectivity index (χ2v) is 5.34. The monoisotopic (exact) mass is 279 g/mol. The van der Waals surface area contributed by atoms with Gasteiger partial charge < -0.3 is 9.73 Å². The minimum Gasteiger partial charge on any atom is -0.464 e. The van der Waals surface area contributed by atoms with Gasteiger partial charge >= 0.3 is 0 Å². The van der Waals surface area contributed by atoms with Gasteiger partial charge in [0.25, 0.3) is 0 Å². The highest BCUT2D eigenvalue weighted by Crippen LogP contribution is 2.25. The minimum atomic E-state index is 0.205. The van der Waals surface area contributed by atoms with E-state index in [4.69, 9.17) is 4.42 Å². The van der Waals surface area contributed by atoms with Crippen LogP contribution in [0.1, 0.15) is 30.0 Å². The molecule has 0 saturated heterocycles. The first-order valence-corrected chi connectivity index (χ1v) is 7.54. The van der Waals surface area contributed by atoms with Crippen LogP contribution in [-0.4, -0.2) is 7.05 Å². The summed E-state index contributed by atoms with van der Waals surface area (Å²) in [5.74, 6) is 2.06. The molecular formula is C19H21NO. The third-order valence-corrected chi connectivity index (χ3v) is 4.03. The van der Waals surface area contributed by atoms with Crippen molar-refractivity contribution < 1.29 is 4.42 Å². The minimum absolute atomic E-state index is 0.205. The zero-order valence-electron chi connectivity index (χ0n) is 12.6. The maximum absolute atomic E-state index is 5.91. The van der Waals surface area contributed by atoms with Crippen LogP contribution in [-0.2, 0) is 12.8 Å². The third-order valence-electron chi connectivity index (χ3n) is 4.03. The zero-order chi connectivity index (χ0) is 14.7. The van der Waals surface area contributed by atoms with E-state index in [0.29, 0.717) is 0 Å². The first kappa shape index (κ1) is 13.9. The molecule has 1 N–H and O–H groups in total. The molecule has 0 amide bonds. The summed E-state index contributed by atoms with van der Waals surface area (Å²) in [6, 6.07) is 19.4. The summed E-state index contributed by atoms with van der Waals surface area (Å²) >= 11 is 0. The molecule has 1 aromatic heterocycles. The van der Waals surface area contributed by atoms with E-state index < -0.39 is 0 Å². The molecular weight excluding hydrogens is 258 g/mol. The van der Waals surface area contributed by atoms with Crippen LogP contribution >= 0.6 is 0 Å².